The summed E-state index contributed by atoms with van der Waals surface area (Å²) in [6.07, 6.45) is 12.2. The molecule has 5 heteroatoms. The van der Waals surface area contributed by atoms with Crippen molar-refractivity contribution in [2.24, 2.45) is 0 Å². The van der Waals surface area contributed by atoms with Gasteiger partial charge in [0.25, 0.3) is 5.91 Å². The van der Waals surface area contributed by atoms with E-state index in [0.29, 0.717) is 11.7 Å². The van der Waals surface area contributed by atoms with Crippen LogP contribution in [0.4, 0.5) is 0 Å². The highest BCUT2D eigenvalue weighted by molar-refractivity contribution is 5.94. The lowest BCUT2D eigenvalue weighted by Gasteiger charge is -2.39. The molecule has 1 atom stereocenters. The van der Waals surface area contributed by atoms with E-state index in [-0.39, 0.29) is 5.91 Å². The average molecular weight is 330 g/mol. The Hall–Kier alpha value is -1.36. The largest absolute Gasteiger partial charge is 0.336 e. The number of aromatic amines is 1. The van der Waals surface area contributed by atoms with Gasteiger partial charge in [0.15, 0.2) is 5.69 Å². The molecule has 1 aromatic heterocycles. The van der Waals surface area contributed by atoms with Crippen molar-refractivity contribution in [3.63, 3.8) is 0 Å². The Kier molecular flexibility index (Phi) is 4.88. The first-order chi connectivity index (χ1) is 11.8. The lowest BCUT2D eigenvalue weighted by Crippen LogP contribution is -2.50. The lowest BCUT2D eigenvalue weighted by molar-refractivity contribution is 0.0572. The zero-order valence-electron chi connectivity index (χ0n) is 14.7. The second-order valence-electron chi connectivity index (χ2n) is 7.73. The van der Waals surface area contributed by atoms with Gasteiger partial charge >= 0.3 is 0 Å². The van der Waals surface area contributed by atoms with Gasteiger partial charge in [0.1, 0.15) is 0 Å². The molecule has 5 nitrogen and oxygen atoms in total. The Morgan fingerprint density at radius 1 is 0.958 bits per heavy atom. The third-order valence-electron chi connectivity index (χ3n) is 6.10. The van der Waals surface area contributed by atoms with Crippen molar-refractivity contribution in [2.45, 2.75) is 70.3 Å². The molecule has 132 valence electrons. The van der Waals surface area contributed by atoms with Gasteiger partial charge in [-0.25, -0.2) is 0 Å². The number of fused-ring (bicyclic) bond motifs is 1. The summed E-state index contributed by atoms with van der Waals surface area (Å²) < 4.78 is 0. The summed E-state index contributed by atoms with van der Waals surface area (Å²) in [5.74, 6) is 0.161. The number of piperidine rings is 1. The highest BCUT2D eigenvalue weighted by Gasteiger charge is 2.31. The molecule has 1 aromatic rings. The molecule has 24 heavy (non-hydrogen) atoms. The van der Waals surface area contributed by atoms with Gasteiger partial charge in [0, 0.05) is 30.4 Å². The van der Waals surface area contributed by atoms with Gasteiger partial charge in [-0.05, 0) is 64.5 Å². The molecule has 3 heterocycles. The number of nitrogens with zero attached hydrogens (tertiary/aromatic N) is 3. The maximum Gasteiger partial charge on any atom is 0.274 e. The van der Waals surface area contributed by atoms with Crippen LogP contribution in [0.2, 0.25) is 0 Å². The van der Waals surface area contributed by atoms with Gasteiger partial charge in [-0.15, -0.1) is 0 Å². The molecule has 2 aliphatic heterocycles. The standard InChI is InChI=1S/C19H30N4O/c24-19(18-16-9-3-4-10-17(16)20-21-18)23-13-7-8-15(14-23)22-11-5-1-2-6-12-22/h15H,1-14H2,(H,20,21). The summed E-state index contributed by atoms with van der Waals surface area (Å²) in [5, 5.41) is 7.52. The summed E-state index contributed by atoms with van der Waals surface area (Å²) in [6.45, 7) is 4.21. The predicted octanol–water partition coefficient (Wildman–Crippen LogP) is 2.77. The number of aryl methyl sites for hydroxylation is 1. The molecule has 1 N–H and O–H groups in total. The van der Waals surface area contributed by atoms with E-state index >= 15 is 0 Å². The van der Waals surface area contributed by atoms with Crippen LogP contribution in [-0.2, 0) is 12.8 Å². The smallest absolute Gasteiger partial charge is 0.274 e. The van der Waals surface area contributed by atoms with Crippen LogP contribution < -0.4 is 0 Å². The summed E-state index contributed by atoms with van der Waals surface area (Å²) in [5.41, 5.74) is 3.11. The molecular formula is C19H30N4O. The molecule has 0 radical (unpaired) electrons. The van der Waals surface area contributed by atoms with E-state index in [2.05, 4.69) is 20.0 Å². The number of amides is 1. The molecule has 0 spiro atoms. The number of nitrogens with one attached hydrogen (secondary N) is 1. The Morgan fingerprint density at radius 2 is 1.75 bits per heavy atom. The van der Waals surface area contributed by atoms with Crippen molar-refractivity contribution < 1.29 is 4.79 Å². The van der Waals surface area contributed by atoms with Gasteiger partial charge in [-0.1, -0.05) is 12.8 Å². The molecule has 2 saturated heterocycles. The van der Waals surface area contributed by atoms with Crippen molar-refractivity contribution in [3.05, 3.63) is 17.0 Å². The van der Waals surface area contributed by atoms with Crippen LogP contribution in [0, 0.1) is 0 Å². The van der Waals surface area contributed by atoms with Crippen LogP contribution in [0.5, 0.6) is 0 Å². The van der Waals surface area contributed by atoms with Crippen LogP contribution in [0.3, 0.4) is 0 Å². The van der Waals surface area contributed by atoms with E-state index in [1.807, 2.05) is 0 Å². The highest BCUT2D eigenvalue weighted by Crippen LogP contribution is 2.25. The monoisotopic (exact) mass is 330 g/mol. The minimum atomic E-state index is 0.161. The van der Waals surface area contributed by atoms with E-state index in [1.165, 1.54) is 69.3 Å². The van der Waals surface area contributed by atoms with Gasteiger partial charge in [-0.3, -0.25) is 14.8 Å². The van der Waals surface area contributed by atoms with E-state index in [1.54, 1.807) is 0 Å². The molecule has 0 bridgehead atoms. The molecule has 0 aromatic carbocycles. The average Bonchev–Trinajstić information content (AvgIpc) is 2.87. The fourth-order valence-corrected chi connectivity index (χ4v) is 4.71. The molecule has 1 amide bonds. The maximum atomic E-state index is 13.1. The number of hydrogen-bond donors (Lipinski definition) is 1. The van der Waals surface area contributed by atoms with Crippen LogP contribution in [0.25, 0.3) is 0 Å². The third-order valence-corrected chi connectivity index (χ3v) is 6.10. The quantitative estimate of drug-likeness (QED) is 0.907. The Bertz CT molecular complexity index is 574. The van der Waals surface area contributed by atoms with Crippen molar-refractivity contribution >= 4 is 5.91 Å². The SMILES string of the molecule is O=C(c1n[nH]c2c1CCCC2)N1CCCC(N2CCCCCC2)C1. The topological polar surface area (TPSA) is 52.2 Å². The summed E-state index contributed by atoms with van der Waals surface area (Å²) in [6, 6.07) is 0.551. The van der Waals surface area contributed by atoms with Crippen molar-refractivity contribution in [1.29, 1.82) is 0 Å². The van der Waals surface area contributed by atoms with Crippen LogP contribution >= 0.6 is 0 Å². The number of carbonyl (C=O) groups excluding carboxylic acids is 1. The van der Waals surface area contributed by atoms with Crippen molar-refractivity contribution in [1.82, 2.24) is 20.0 Å². The summed E-state index contributed by atoms with van der Waals surface area (Å²) in [7, 11) is 0. The first-order valence-electron chi connectivity index (χ1n) is 9.92. The second-order valence-corrected chi connectivity index (χ2v) is 7.73. The van der Waals surface area contributed by atoms with Gasteiger partial charge < -0.3 is 4.90 Å². The van der Waals surface area contributed by atoms with Crippen LogP contribution in [0.1, 0.15) is 73.1 Å². The molecule has 3 aliphatic rings. The highest BCUT2D eigenvalue weighted by atomic mass is 16.2. The van der Waals surface area contributed by atoms with E-state index in [9.17, 15) is 4.79 Å². The van der Waals surface area contributed by atoms with Crippen molar-refractivity contribution in [2.75, 3.05) is 26.2 Å². The minimum Gasteiger partial charge on any atom is -0.336 e. The minimum absolute atomic E-state index is 0.161. The number of likely N-dealkylation sites (tertiary alicyclic amines) is 2. The summed E-state index contributed by atoms with van der Waals surface area (Å²) >= 11 is 0. The van der Waals surface area contributed by atoms with Crippen LogP contribution in [0.15, 0.2) is 0 Å². The van der Waals surface area contributed by atoms with Gasteiger partial charge in [0.05, 0.1) is 0 Å². The Labute approximate surface area is 144 Å². The Morgan fingerprint density at radius 3 is 2.58 bits per heavy atom. The van der Waals surface area contributed by atoms with E-state index < -0.39 is 0 Å². The first kappa shape index (κ1) is 16.1. The van der Waals surface area contributed by atoms with Gasteiger partial charge in [0.2, 0.25) is 0 Å². The Balaban J connectivity index is 1.45. The van der Waals surface area contributed by atoms with Crippen LogP contribution in [-0.4, -0.2) is 58.1 Å². The number of carbonyl (C=O) groups is 1. The zero-order chi connectivity index (χ0) is 16.4. The fourth-order valence-electron chi connectivity index (χ4n) is 4.71. The lowest BCUT2D eigenvalue weighted by atomic mass is 9.95. The van der Waals surface area contributed by atoms with E-state index in [0.717, 1.165) is 32.4 Å². The predicted molar refractivity (Wildman–Crippen MR) is 94.2 cm³/mol. The number of hydrogen-bond acceptors (Lipinski definition) is 3. The molecule has 0 saturated carbocycles. The number of aromatic nitrogens is 2. The van der Waals surface area contributed by atoms with Gasteiger partial charge in [-0.2, -0.15) is 5.10 Å². The first-order valence-corrected chi connectivity index (χ1v) is 9.92. The molecule has 2 fully saturated rings. The normalized spacial score (nSPS) is 26.0. The number of H-pyrrole nitrogens is 1. The fraction of sp³-hybridized carbons (Fsp3) is 0.789. The molecular weight excluding hydrogens is 300 g/mol. The second kappa shape index (κ2) is 7.26. The third kappa shape index (κ3) is 3.23. The van der Waals surface area contributed by atoms with Crippen molar-refractivity contribution in [3.8, 4) is 0 Å². The molecule has 4 rings (SSSR count). The molecule has 1 aliphatic carbocycles. The maximum absolute atomic E-state index is 13.1. The summed E-state index contributed by atoms with van der Waals surface area (Å²) in [4.78, 5) is 17.8. The number of rotatable bonds is 2. The zero-order valence-corrected chi connectivity index (χ0v) is 14.7. The van der Waals surface area contributed by atoms with E-state index in [4.69, 9.17) is 0 Å². The molecule has 1 unspecified atom stereocenters.